The van der Waals surface area contributed by atoms with Crippen LogP contribution in [0.2, 0.25) is 0 Å². The molecule has 4 aromatic rings. The number of aromatic nitrogens is 3. The summed E-state index contributed by atoms with van der Waals surface area (Å²) in [5, 5.41) is 12.6. The molecule has 9 heteroatoms. The van der Waals surface area contributed by atoms with E-state index in [4.69, 9.17) is 19.6 Å². The quantitative estimate of drug-likeness (QED) is 0.413. The van der Waals surface area contributed by atoms with E-state index in [1.807, 2.05) is 30.3 Å². The van der Waals surface area contributed by atoms with E-state index in [9.17, 15) is 0 Å². The van der Waals surface area contributed by atoms with Crippen LogP contribution in [0.25, 0.3) is 21.1 Å². The van der Waals surface area contributed by atoms with E-state index in [2.05, 4.69) is 20.3 Å². The third-order valence-corrected chi connectivity index (χ3v) is 5.28. The molecule has 0 unspecified atom stereocenters. The minimum absolute atomic E-state index is 0.0338. The van der Waals surface area contributed by atoms with Crippen molar-refractivity contribution >= 4 is 49.9 Å². The van der Waals surface area contributed by atoms with Gasteiger partial charge in [0.2, 0.25) is 12.7 Å². The Morgan fingerprint density at radius 1 is 1.15 bits per heavy atom. The van der Waals surface area contributed by atoms with Crippen molar-refractivity contribution in [1.29, 1.82) is 5.41 Å². The average molecular weight is 379 g/mol. The molecular weight excluding hydrogens is 366 g/mol. The van der Waals surface area contributed by atoms with E-state index in [1.165, 1.54) is 24.8 Å². The molecule has 27 heavy (non-hydrogen) atoms. The molecule has 5 rings (SSSR count). The van der Waals surface area contributed by atoms with E-state index >= 15 is 0 Å². The summed E-state index contributed by atoms with van der Waals surface area (Å²) >= 11 is 1.38. The van der Waals surface area contributed by atoms with Crippen molar-refractivity contribution in [3.05, 3.63) is 41.7 Å². The Labute approximate surface area is 157 Å². The molecule has 2 aromatic heterocycles. The molecule has 134 valence electrons. The maximum Gasteiger partial charge on any atom is 0.242 e. The largest absolute Gasteiger partial charge is 0.479 e. The highest BCUT2D eigenvalue weighted by Crippen LogP contribution is 2.37. The van der Waals surface area contributed by atoms with Gasteiger partial charge in [0.1, 0.15) is 12.1 Å². The SMILES string of the molecule is COC(=N)c1nc2ccc3ncnc(Nc4ccc5c(c4)OCO5)c3c2s1. The van der Waals surface area contributed by atoms with E-state index in [-0.39, 0.29) is 12.7 Å². The molecule has 0 atom stereocenters. The standard InChI is InChI=1S/C18H13N5O3S/c1-24-16(19)18-23-11-4-3-10-14(15(11)27-18)17(21-7-20-10)22-9-2-5-12-13(6-9)26-8-25-12/h2-7,19H,8H2,1H3,(H,20,21,22). The molecule has 3 heterocycles. The summed E-state index contributed by atoms with van der Waals surface area (Å²) in [6.45, 7) is 0.227. The van der Waals surface area contributed by atoms with Crippen molar-refractivity contribution < 1.29 is 14.2 Å². The predicted octanol–water partition coefficient (Wildman–Crippen LogP) is 3.68. The zero-order chi connectivity index (χ0) is 18.4. The summed E-state index contributed by atoms with van der Waals surface area (Å²) < 4.78 is 16.7. The molecule has 0 saturated carbocycles. The van der Waals surface area contributed by atoms with Gasteiger partial charge in [0, 0.05) is 11.8 Å². The predicted molar refractivity (Wildman–Crippen MR) is 102 cm³/mol. The van der Waals surface area contributed by atoms with Crippen LogP contribution < -0.4 is 14.8 Å². The Bertz CT molecular complexity index is 1210. The average Bonchev–Trinajstić information content (AvgIpc) is 3.33. The maximum atomic E-state index is 7.88. The molecule has 2 N–H and O–H groups in total. The summed E-state index contributed by atoms with van der Waals surface area (Å²) in [5.74, 6) is 2.10. The van der Waals surface area contributed by atoms with E-state index < -0.39 is 0 Å². The first-order valence-electron chi connectivity index (χ1n) is 8.07. The van der Waals surface area contributed by atoms with Gasteiger partial charge in [-0.1, -0.05) is 0 Å². The molecule has 0 fully saturated rings. The van der Waals surface area contributed by atoms with Crippen molar-refractivity contribution in [3.8, 4) is 11.5 Å². The fourth-order valence-corrected chi connectivity index (χ4v) is 3.96. The van der Waals surface area contributed by atoms with Crippen LogP contribution in [0.3, 0.4) is 0 Å². The van der Waals surface area contributed by atoms with Gasteiger partial charge in [-0.05, 0) is 24.3 Å². The zero-order valence-corrected chi connectivity index (χ0v) is 15.0. The van der Waals surface area contributed by atoms with Gasteiger partial charge in [-0.15, -0.1) is 11.3 Å². The van der Waals surface area contributed by atoms with Crippen LogP contribution in [0.4, 0.5) is 11.5 Å². The van der Waals surface area contributed by atoms with Crippen molar-refractivity contribution in [1.82, 2.24) is 15.0 Å². The van der Waals surface area contributed by atoms with Gasteiger partial charge in [-0.25, -0.2) is 15.0 Å². The Morgan fingerprint density at radius 3 is 2.89 bits per heavy atom. The fraction of sp³-hybridized carbons (Fsp3) is 0.111. The van der Waals surface area contributed by atoms with E-state index in [1.54, 1.807) is 0 Å². The molecule has 0 spiro atoms. The summed E-state index contributed by atoms with van der Waals surface area (Å²) in [4.78, 5) is 13.3. The lowest BCUT2D eigenvalue weighted by Crippen LogP contribution is -1.99. The molecule has 8 nitrogen and oxygen atoms in total. The van der Waals surface area contributed by atoms with E-state index in [0.717, 1.165) is 32.6 Å². The first kappa shape index (κ1) is 15.8. The van der Waals surface area contributed by atoms with Crippen molar-refractivity contribution in [2.45, 2.75) is 0 Å². The summed E-state index contributed by atoms with van der Waals surface area (Å²) in [6.07, 6.45) is 1.52. The van der Waals surface area contributed by atoms with Crippen molar-refractivity contribution in [2.24, 2.45) is 0 Å². The van der Waals surface area contributed by atoms with Crippen LogP contribution >= 0.6 is 11.3 Å². The number of hydrogen-bond acceptors (Lipinski definition) is 9. The van der Waals surface area contributed by atoms with Crippen LogP contribution in [0.15, 0.2) is 36.7 Å². The lowest BCUT2D eigenvalue weighted by molar-refractivity contribution is 0.174. The highest BCUT2D eigenvalue weighted by atomic mass is 32.1. The summed E-state index contributed by atoms with van der Waals surface area (Å²) in [7, 11) is 1.46. The van der Waals surface area contributed by atoms with Crippen LogP contribution in [-0.4, -0.2) is 34.8 Å². The fourth-order valence-electron chi connectivity index (χ4n) is 2.92. The van der Waals surface area contributed by atoms with Crippen LogP contribution in [0.1, 0.15) is 5.01 Å². The van der Waals surface area contributed by atoms with Gasteiger partial charge in [0.15, 0.2) is 16.5 Å². The van der Waals surface area contributed by atoms with Gasteiger partial charge in [-0.3, -0.25) is 5.41 Å². The topological polar surface area (TPSA) is 102 Å². The number of benzene rings is 2. The highest BCUT2D eigenvalue weighted by molar-refractivity contribution is 7.21. The normalized spacial score (nSPS) is 12.5. The Kier molecular flexibility index (Phi) is 3.54. The first-order chi connectivity index (χ1) is 13.2. The second-order valence-corrected chi connectivity index (χ2v) is 6.77. The van der Waals surface area contributed by atoms with Gasteiger partial charge in [0.05, 0.1) is 28.2 Å². The number of hydrogen-bond donors (Lipinski definition) is 2. The Morgan fingerprint density at radius 2 is 2.00 bits per heavy atom. The first-order valence-corrected chi connectivity index (χ1v) is 8.88. The zero-order valence-electron chi connectivity index (χ0n) is 14.1. The molecule has 1 aliphatic heterocycles. The number of methoxy groups -OCH3 is 1. The third-order valence-electron chi connectivity index (χ3n) is 4.19. The minimum atomic E-state index is 0.0338. The molecular formula is C18H13N5O3S. The maximum absolute atomic E-state index is 7.88. The second kappa shape index (κ2) is 6.06. The lowest BCUT2D eigenvalue weighted by atomic mass is 10.2. The van der Waals surface area contributed by atoms with Crippen LogP contribution in [0.5, 0.6) is 11.5 Å². The number of nitrogens with one attached hydrogen (secondary N) is 2. The number of rotatable bonds is 3. The minimum Gasteiger partial charge on any atom is -0.479 e. The molecule has 0 aliphatic carbocycles. The van der Waals surface area contributed by atoms with Gasteiger partial charge < -0.3 is 19.5 Å². The molecule has 0 amide bonds. The number of fused-ring (bicyclic) bond motifs is 4. The molecule has 0 bridgehead atoms. The van der Waals surface area contributed by atoms with Crippen molar-refractivity contribution in [3.63, 3.8) is 0 Å². The third kappa shape index (κ3) is 2.59. The number of thiazole rings is 1. The lowest BCUT2D eigenvalue weighted by Gasteiger charge is -2.09. The molecule has 0 saturated heterocycles. The van der Waals surface area contributed by atoms with Gasteiger partial charge >= 0.3 is 0 Å². The summed E-state index contributed by atoms with van der Waals surface area (Å²) in [5.41, 5.74) is 2.39. The van der Waals surface area contributed by atoms with Crippen LogP contribution in [-0.2, 0) is 4.74 Å². The monoisotopic (exact) mass is 379 g/mol. The van der Waals surface area contributed by atoms with Gasteiger partial charge in [0.25, 0.3) is 0 Å². The second-order valence-electron chi connectivity index (χ2n) is 5.78. The smallest absolute Gasteiger partial charge is 0.242 e. The van der Waals surface area contributed by atoms with Crippen molar-refractivity contribution in [2.75, 3.05) is 19.2 Å². The Hall–Kier alpha value is -3.46. The number of nitrogens with zero attached hydrogens (tertiary/aromatic N) is 3. The van der Waals surface area contributed by atoms with E-state index in [0.29, 0.717) is 16.6 Å². The molecule has 1 aliphatic rings. The molecule has 2 aromatic carbocycles. The molecule has 0 radical (unpaired) electrons. The Balaban J connectivity index is 1.65. The summed E-state index contributed by atoms with van der Waals surface area (Å²) in [6, 6.07) is 9.41. The number of anilines is 2. The highest BCUT2D eigenvalue weighted by Gasteiger charge is 2.17. The number of ether oxygens (including phenoxy) is 3. The van der Waals surface area contributed by atoms with Gasteiger partial charge in [-0.2, -0.15) is 0 Å². The van der Waals surface area contributed by atoms with Crippen LogP contribution in [0, 0.1) is 5.41 Å².